The SMILES string of the molecule is NC(=O)c1ccc2c(c1)[nH]c1nc(CCOCC(F)(F)F)ccc12. The fourth-order valence-electron chi connectivity index (χ4n) is 2.48. The average Bonchev–Trinajstić information content (AvgIpc) is 2.87. The summed E-state index contributed by atoms with van der Waals surface area (Å²) in [6.07, 6.45) is -4.05. The number of aromatic nitrogens is 2. The first-order valence-corrected chi connectivity index (χ1v) is 7.19. The molecule has 0 saturated heterocycles. The third-order valence-electron chi connectivity index (χ3n) is 3.57. The molecule has 0 bridgehead atoms. The zero-order valence-corrected chi connectivity index (χ0v) is 12.5. The van der Waals surface area contributed by atoms with Crippen LogP contribution in [0.5, 0.6) is 0 Å². The number of halogens is 3. The van der Waals surface area contributed by atoms with E-state index in [1.807, 2.05) is 6.07 Å². The lowest BCUT2D eigenvalue weighted by Gasteiger charge is -2.07. The number of nitrogens with two attached hydrogens (primary N) is 1. The topological polar surface area (TPSA) is 81.0 Å². The molecule has 1 aromatic carbocycles. The molecule has 8 heteroatoms. The summed E-state index contributed by atoms with van der Waals surface area (Å²) in [5.41, 5.74) is 7.58. The lowest BCUT2D eigenvalue weighted by atomic mass is 10.1. The number of hydrogen-bond donors (Lipinski definition) is 2. The minimum atomic E-state index is -4.33. The Morgan fingerprint density at radius 1 is 1.21 bits per heavy atom. The van der Waals surface area contributed by atoms with Crippen LogP contribution in [0.1, 0.15) is 16.1 Å². The normalized spacial score (nSPS) is 12.1. The van der Waals surface area contributed by atoms with Gasteiger partial charge in [0.1, 0.15) is 12.3 Å². The summed E-state index contributed by atoms with van der Waals surface area (Å²) >= 11 is 0. The predicted molar refractivity (Wildman–Crippen MR) is 82.7 cm³/mol. The highest BCUT2D eigenvalue weighted by molar-refractivity contribution is 6.08. The number of aromatic amines is 1. The molecule has 0 fully saturated rings. The van der Waals surface area contributed by atoms with Gasteiger partial charge in [-0.15, -0.1) is 0 Å². The maximum absolute atomic E-state index is 12.0. The molecular weight excluding hydrogens is 323 g/mol. The number of carbonyl (C=O) groups is 1. The predicted octanol–water partition coefficient (Wildman–Crippen LogP) is 2.94. The van der Waals surface area contributed by atoms with E-state index in [1.54, 1.807) is 24.3 Å². The van der Waals surface area contributed by atoms with Gasteiger partial charge in [0.05, 0.1) is 6.61 Å². The van der Waals surface area contributed by atoms with Crippen molar-refractivity contribution in [2.75, 3.05) is 13.2 Å². The van der Waals surface area contributed by atoms with Gasteiger partial charge in [-0.3, -0.25) is 4.79 Å². The lowest BCUT2D eigenvalue weighted by Crippen LogP contribution is -2.18. The van der Waals surface area contributed by atoms with Gasteiger partial charge < -0.3 is 15.5 Å². The molecule has 0 saturated carbocycles. The molecule has 0 radical (unpaired) electrons. The first-order valence-electron chi connectivity index (χ1n) is 7.19. The van der Waals surface area contributed by atoms with Crippen LogP contribution in [0.2, 0.25) is 0 Å². The molecule has 5 nitrogen and oxygen atoms in total. The lowest BCUT2D eigenvalue weighted by molar-refractivity contribution is -0.173. The Morgan fingerprint density at radius 2 is 1.96 bits per heavy atom. The number of nitrogens with one attached hydrogen (secondary N) is 1. The Balaban J connectivity index is 1.80. The minimum Gasteiger partial charge on any atom is -0.372 e. The highest BCUT2D eigenvalue weighted by Gasteiger charge is 2.27. The van der Waals surface area contributed by atoms with Crippen LogP contribution in [-0.2, 0) is 11.2 Å². The first kappa shape index (κ1) is 16.3. The summed E-state index contributed by atoms with van der Waals surface area (Å²) in [6, 6.07) is 8.64. The van der Waals surface area contributed by atoms with E-state index in [2.05, 4.69) is 14.7 Å². The van der Waals surface area contributed by atoms with Gasteiger partial charge in [0, 0.05) is 34.0 Å². The molecule has 0 atom stereocenters. The Hall–Kier alpha value is -2.61. The Kier molecular flexibility index (Phi) is 4.15. The summed E-state index contributed by atoms with van der Waals surface area (Å²) in [7, 11) is 0. The molecule has 2 aromatic heterocycles. The van der Waals surface area contributed by atoms with Crippen molar-refractivity contribution in [2.24, 2.45) is 5.73 Å². The number of nitrogens with zero attached hydrogens (tertiary/aromatic N) is 1. The molecule has 3 rings (SSSR count). The molecule has 126 valence electrons. The van der Waals surface area contributed by atoms with Crippen molar-refractivity contribution in [3.63, 3.8) is 0 Å². The van der Waals surface area contributed by atoms with E-state index in [-0.39, 0.29) is 13.0 Å². The third kappa shape index (κ3) is 3.48. The summed E-state index contributed by atoms with van der Waals surface area (Å²) in [6.45, 7) is -1.33. The highest BCUT2D eigenvalue weighted by atomic mass is 19.4. The number of amides is 1. The van der Waals surface area contributed by atoms with E-state index in [0.717, 1.165) is 16.3 Å². The minimum absolute atomic E-state index is 0.0654. The van der Waals surface area contributed by atoms with Crippen molar-refractivity contribution in [3.05, 3.63) is 41.6 Å². The molecule has 0 aliphatic rings. The molecule has 0 spiro atoms. The van der Waals surface area contributed by atoms with Crippen LogP contribution in [0.25, 0.3) is 21.9 Å². The van der Waals surface area contributed by atoms with Crippen molar-refractivity contribution in [3.8, 4) is 0 Å². The van der Waals surface area contributed by atoms with Crippen LogP contribution in [-0.4, -0.2) is 35.3 Å². The molecule has 1 amide bonds. The van der Waals surface area contributed by atoms with Crippen LogP contribution >= 0.6 is 0 Å². The molecular formula is C16H14F3N3O2. The molecule has 24 heavy (non-hydrogen) atoms. The Bertz CT molecular complexity index is 903. The molecule has 0 unspecified atom stereocenters. The maximum Gasteiger partial charge on any atom is 0.411 e. The summed E-state index contributed by atoms with van der Waals surface area (Å²) in [4.78, 5) is 18.7. The maximum atomic E-state index is 12.0. The second kappa shape index (κ2) is 6.12. The number of ether oxygens (including phenoxy) is 1. The van der Waals surface area contributed by atoms with Gasteiger partial charge in [-0.25, -0.2) is 4.98 Å². The monoisotopic (exact) mass is 337 g/mol. The van der Waals surface area contributed by atoms with Gasteiger partial charge in [-0.2, -0.15) is 13.2 Å². The number of alkyl halides is 3. The molecule has 2 heterocycles. The van der Waals surface area contributed by atoms with E-state index in [9.17, 15) is 18.0 Å². The summed E-state index contributed by atoms with van der Waals surface area (Å²) in [5.74, 6) is -0.522. The molecule has 3 N–H and O–H groups in total. The van der Waals surface area contributed by atoms with Crippen molar-refractivity contribution in [1.29, 1.82) is 0 Å². The van der Waals surface area contributed by atoms with Gasteiger partial charge in [-0.05, 0) is 24.3 Å². The fraction of sp³-hybridized carbons (Fsp3) is 0.250. The second-order valence-corrected chi connectivity index (χ2v) is 5.37. The summed E-state index contributed by atoms with van der Waals surface area (Å²) < 4.78 is 40.6. The number of H-pyrrole nitrogens is 1. The zero-order valence-electron chi connectivity index (χ0n) is 12.5. The number of benzene rings is 1. The fourth-order valence-corrected chi connectivity index (χ4v) is 2.48. The van der Waals surface area contributed by atoms with E-state index in [1.165, 1.54) is 0 Å². The van der Waals surface area contributed by atoms with E-state index in [0.29, 0.717) is 16.9 Å². The third-order valence-corrected chi connectivity index (χ3v) is 3.57. The van der Waals surface area contributed by atoms with E-state index < -0.39 is 18.7 Å². The van der Waals surface area contributed by atoms with E-state index in [4.69, 9.17) is 5.73 Å². The van der Waals surface area contributed by atoms with E-state index >= 15 is 0 Å². The van der Waals surface area contributed by atoms with Crippen molar-refractivity contribution >= 4 is 27.8 Å². The van der Waals surface area contributed by atoms with Gasteiger partial charge in [-0.1, -0.05) is 6.07 Å². The Morgan fingerprint density at radius 3 is 2.67 bits per heavy atom. The second-order valence-electron chi connectivity index (χ2n) is 5.37. The molecule has 0 aliphatic heterocycles. The van der Waals surface area contributed by atoms with Gasteiger partial charge >= 0.3 is 6.18 Å². The van der Waals surface area contributed by atoms with Gasteiger partial charge in [0.15, 0.2) is 0 Å². The Labute approximate surface area is 134 Å². The van der Waals surface area contributed by atoms with Crippen LogP contribution in [0, 0.1) is 0 Å². The number of carbonyl (C=O) groups excluding carboxylic acids is 1. The van der Waals surface area contributed by atoms with Gasteiger partial charge in [0.25, 0.3) is 0 Å². The highest BCUT2D eigenvalue weighted by Crippen LogP contribution is 2.25. The van der Waals surface area contributed by atoms with Crippen LogP contribution < -0.4 is 5.73 Å². The first-order chi connectivity index (χ1) is 11.3. The van der Waals surface area contributed by atoms with Crippen molar-refractivity contribution in [2.45, 2.75) is 12.6 Å². The number of rotatable bonds is 5. The standard InChI is InChI=1S/C16H14F3N3O2/c17-16(18,19)8-24-6-5-10-2-4-12-11-3-1-9(14(20)23)7-13(11)22-15(12)21-10/h1-4,7H,5-6,8H2,(H2,20,23)(H,21,22). The van der Waals surface area contributed by atoms with Crippen molar-refractivity contribution < 1.29 is 22.7 Å². The number of pyridine rings is 1. The largest absolute Gasteiger partial charge is 0.411 e. The van der Waals surface area contributed by atoms with Gasteiger partial charge in [0.2, 0.25) is 5.91 Å². The molecule has 3 aromatic rings. The van der Waals surface area contributed by atoms with Crippen molar-refractivity contribution in [1.82, 2.24) is 9.97 Å². The number of hydrogen-bond acceptors (Lipinski definition) is 3. The van der Waals surface area contributed by atoms with Crippen LogP contribution in [0.15, 0.2) is 30.3 Å². The average molecular weight is 337 g/mol. The molecule has 0 aliphatic carbocycles. The van der Waals surface area contributed by atoms with Crippen LogP contribution in [0.3, 0.4) is 0 Å². The zero-order chi connectivity index (χ0) is 17.3. The summed E-state index contributed by atoms with van der Waals surface area (Å²) in [5, 5.41) is 1.75. The number of fused-ring (bicyclic) bond motifs is 3. The van der Waals surface area contributed by atoms with Crippen LogP contribution in [0.4, 0.5) is 13.2 Å². The quantitative estimate of drug-likeness (QED) is 0.703. The number of primary amides is 1. The smallest absolute Gasteiger partial charge is 0.372 e.